The van der Waals surface area contributed by atoms with Crippen molar-refractivity contribution in [3.63, 3.8) is 0 Å². The van der Waals surface area contributed by atoms with E-state index >= 15 is 0 Å². The van der Waals surface area contributed by atoms with Crippen molar-refractivity contribution >= 4 is 20.6 Å². The second-order valence-corrected chi connectivity index (χ2v) is 9.45. The van der Waals surface area contributed by atoms with Gasteiger partial charge in [-0.05, 0) is 17.9 Å². The normalized spacial score (nSPS) is 12.0. The van der Waals surface area contributed by atoms with E-state index in [1.54, 1.807) is 21.3 Å². The van der Waals surface area contributed by atoms with Gasteiger partial charge in [0.25, 0.3) is 0 Å². The maximum absolute atomic E-state index is 5.41. The van der Waals surface area contributed by atoms with Gasteiger partial charge >= 0.3 is 8.80 Å². The van der Waals surface area contributed by atoms with Gasteiger partial charge in [0, 0.05) is 27.4 Å². The highest BCUT2D eigenvalue weighted by Gasteiger charge is 2.36. The van der Waals surface area contributed by atoms with Crippen LogP contribution in [-0.4, -0.2) is 41.6 Å². The van der Waals surface area contributed by atoms with Crippen molar-refractivity contribution in [2.45, 2.75) is 64.3 Å². The summed E-state index contributed by atoms with van der Waals surface area (Å²) in [6, 6.07) is 0.901. The van der Waals surface area contributed by atoms with Crippen molar-refractivity contribution in [1.82, 2.24) is 0 Å². The molecular formula is C15H34O3SSi. The largest absolute Gasteiger partial charge is 0.500 e. The van der Waals surface area contributed by atoms with E-state index in [9.17, 15) is 0 Å². The number of hydrogen-bond acceptors (Lipinski definition) is 4. The van der Waals surface area contributed by atoms with Gasteiger partial charge in [0.1, 0.15) is 0 Å². The lowest BCUT2D eigenvalue weighted by Crippen LogP contribution is -2.43. The summed E-state index contributed by atoms with van der Waals surface area (Å²) in [7, 11) is 2.72. The highest BCUT2D eigenvalue weighted by molar-refractivity contribution is 7.99. The van der Waals surface area contributed by atoms with Crippen LogP contribution in [0.5, 0.6) is 0 Å². The first-order chi connectivity index (χ1) is 9.74. The first kappa shape index (κ1) is 20.4. The third-order valence-electron chi connectivity index (χ3n) is 3.63. The Hall–Kier alpha value is 0.447. The van der Waals surface area contributed by atoms with Gasteiger partial charge in [0.15, 0.2) is 0 Å². The quantitative estimate of drug-likeness (QED) is 0.321. The average Bonchev–Trinajstić information content (AvgIpc) is 2.49. The second kappa shape index (κ2) is 14.4. The van der Waals surface area contributed by atoms with Gasteiger partial charge in [-0.2, -0.15) is 11.8 Å². The summed E-state index contributed by atoms with van der Waals surface area (Å²) in [4.78, 5) is 0. The molecule has 0 unspecified atom stereocenters. The molecule has 0 radical (unpaired) electrons. The Labute approximate surface area is 131 Å². The van der Waals surface area contributed by atoms with E-state index < -0.39 is 8.80 Å². The standard InChI is InChI=1S/C15H34O3SSi/c1-5-6-7-8-9-10-11-12-13-19-14-15-20(16-2,17-3)18-4/h5-15H2,1-4H3. The lowest BCUT2D eigenvalue weighted by Gasteiger charge is -2.23. The SMILES string of the molecule is CCCCCCCCCCSCC[Si](OC)(OC)OC. The zero-order chi connectivity index (χ0) is 15.1. The molecule has 0 spiro atoms. The fraction of sp³-hybridized carbons (Fsp3) is 1.00. The van der Waals surface area contributed by atoms with E-state index in [-0.39, 0.29) is 0 Å². The summed E-state index contributed by atoms with van der Waals surface area (Å²) in [6.07, 6.45) is 11.1. The zero-order valence-corrected chi connectivity index (χ0v) is 15.7. The molecule has 3 nitrogen and oxygen atoms in total. The van der Waals surface area contributed by atoms with Crippen LogP contribution in [-0.2, 0) is 13.3 Å². The summed E-state index contributed by atoms with van der Waals surface area (Å²) >= 11 is 1.99. The maximum Gasteiger partial charge on any atom is 0.500 e. The predicted octanol–water partition coefficient (Wildman–Crippen LogP) is 4.74. The van der Waals surface area contributed by atoms with E-state index in [0.29, 0.717) is 0 Å². The number of rotatable bonds is 15. The van der Waals surface area contributed by atoms with Gasteiger partial charge in [-0.25, -0.2) is 0 Å². The third-order valence-corrected chi connectivity index (χ3v) is 7.79. The van der Waals surface area contributed by atoms with Crippen molar-refractivity contribution in [3.8, 4) is 0 Å². The molecule has 122 valence electrons. The Bertz CT molecular complexity index is 193. The Balaban J connectivity index is 3.32. The van der Waals surface area contributed by atoms with Gasteiger partial charge in [-0.15, -0.1) is 0 Å². The topological polar surface area (TPSA) is 27.7 Å². The molecule has 0 heterocycles. The number of unbranched alkanes of at least 4 members (excludes halogenated alkanes) is 7. The van der Waals surface area contributed by atoms with Crippen molar-refractivity contribution in [2.24, 2.45) is 0 Å². The molecule has 0 aliphatic carbocycles. The molecule has 0 bridgehead atoms. The Kier molecular flexibility index (Phi) is 14.7. The van der Waals surface area contributed by atoms with Crippen LogP contribution in [0.15, 0.2) is 0 Å². The molecule has 0 aromatic carbocycles. The van der Waals surface area contributed by atoms with Gasteiger partial charge in [-0.1, -0.05) is 51.9 Å². The van der Waals surface area contributed by atoms with Crippen molar-refractivity contribution in [1.29, 1.82) is 0 Å². The van der Waals surface area contributed by atoms with E-state index in [0.717, 1.165) is 11.8 Å². The van der Waals surface area contributed by atoms with Crippen LogP contribution in [0.4, 0.5) is 0 Å². The summed E-state index contributed by atoms with van der Waals surface area (Å²) in [6.45, 7) is 2.27. The van der Waals surface area contributed by atoms with E-state index in [2.05, 4.69) is 6.92 Å². The number of thioether (sulfide) groups is 1. The maximum atomic E-state index is 5.41. The minimum Gasteiger partial charge on any atom is -0.377 e. The molecule has 0 saturated carbocycles. The van der Waals surface area contributed by atoms with Crippen molar-refractivity contribution < 1.29 is 13.3 Å². The molecule has 5 heteroatoms. The van der Waals surface area contributed by atoms with Crippen LogP contribution < -0.4 is 0 Å². The molecule has 0 saturated heterocycles. The van der Waals surface area contributed by atoms with Crippen LogP contribution >= 0.6 is 11.8 Å². The van der Waals surface area contributed by atoms with E-state index in [4.69, 9.17) is 13.3 Å². The van der Waals surface area contributed by atoms with Crippen molar-refractivity contribution in [3.05, 3.63) is 0 Å². The Morgan fingerprint density at radius 3 is 1.70 bits per heavy atom. The predicted molar refractivity (Wildman–Crippen MR) is 91.5 cm³/mol. The van der Waals surface area contributed by atoms with Gasteiger partial charge in [0.05, 0.1) is 0 Å². The third kappa shape index (κ3) is 10.2. The Morgan fingerprint density at radius 2 is 1.20 bits per heavy atom. The lowest BCUT2D eigenvalue weighted by molar-refractivity contribution is 0.125. The minimum absolute atomic E-state index is 0.901. The Morgan fingerprint density at radius 1 is 0.700 bits per heavy atom. The molecule has 0 fully saturated rings. The first-order valence-corrected chi connectivity index (χ1v) is 11.1. The second-order valence-electron chi connectivity index (χ2n) is 5.13. The molecule has 0 aliphatic heterocycles. The fourth-order valence-electron chi connectivity index (χ4n) is 2.19. The summed E-state index contributed by atoms with van der Waals surface area (Å²) < 4.78 is 16.2. The minimum atomic E-state index is -2.33. The van der Waals surface area contributed by atoms with E-state index in [1.165, 1.54) is 57.1 Å². The fourth-order valence-corrected chi connectivity index (χ4v) is 5.50. The van der Waals surface area contributed by atoms with Crippen LogP contribution in [0.1, 0.15) is 58.3 Å². The van der Waals surface area contributed by atoms with Crippen LogP contribution in [0, 0.1) is 0 Å². The molecule has 0 aromatic heterocycles. The van der Waals surface area contributed by atoms with Crippen LogP contribution in [0.2, 0.25) is 6.04 Å². The highest BCUT2D eigenvalue weighted by Crippen LogP contribution is 2.18. The van der Waals surface area contributed by atoms with E-state index in [1.807, 2.05) is 11.8 Å². The molecule has 20 heavy (non-hydrogen) atoms. The summed E-state index contributed by atoms with van der Waals surface area (Å²) in [5, 5.41) is 0. The molecule has 0 aromatic rings. The molecule has 0 amide bonds. The summed E-state index contributed by atoms with van der Waals surface area (Å²) in [5.41, 5.74) is 0. The van der Waals surface area contributed by atoms with Crippen molar-refractivity contribution in [2.75, 3.05) is 32.8 Å². The molecule has 0 N–H and O–H groups in total. The van der Waals surface area contributed by atoms with Gasteiger partial charge in [0.2, 0.25) is 0 Å². The average molecular weight is 323 g/mol. The molecular weight excluding hydrogens is 288 g/mol. The summed E-state index contributed by atoms with van der Waals surface area (Å²) in [5.74, 6) is 2.31. The lowest BCUT2D eigenvalue weighted by atomic mass is 10.1. The van der Waals surface area contributed by atoms with Crippen LogP contribution in [0.3, 0.4) is 0 Å². The smallest absolute Gasteiger partial charge is 0.377 e. The zero-order valence-electron chi connectivity index (χ0n) is 13.9. The highest BCUT2D eigenvalue weighted by atomic mass is 32.2. The molecule has 0 atom stereocenters. The number of hydrogen-bond donors (Lipinski definition) is 0. The van der Waals surface area contributed by atoms with Gasteiger partial charge in [-0.3, -0.25) is 0 Å². The van der Waals surface area contributed by atoms with Crippen LogP contribution in [0.25, 0.3) is 0 Å². The van der Waals surface area contributed by atoms with Gasteiger partial charge < -0.3 is 13.3 Å². The monoisotopic (exact) mass is 322 g/mol. The molecule has 0 aliphatic rings. The first-order valence-electron chi connectivity index (χ1n) is 7.98. The molecule has 0 rings (SSSR count).